The first-order chi connectivity index (χ1) is 14.6. The van der Waals surface area contributed by atoms with Crippen molar-refractivity contribution >= 4 is 30.7 Å². The van der Waals surface area contributed by atoms with Crippen LogP contribution in [0.1, 0.15) is 41.6 Å². The summed E-state index contributed by atoms with van der Waals surface area (Å²) in [4.78, 5) is 17.4. The summed E-state index contributed by atoms with van der Waals surface area (Å²) in [6.45, 7) is 4.16. The molecule has 2 fully saturated rings. The molecule has 2 N–H and O–H groups in total. The SMILES string of the molecule is Cl.Cl.NCCc1ccc(Oc2ccc(F)c(C(=O)N3CCCC(N4CCCC4)C3)c2)cc1. The molecule has 0 aromatic heterocycles. The second kappa shape index (κ2) is 12.4. The molecule has 5 nitrogen and oxygen atoms in total. The number of likely N-dealkylation sites (tertiary alicyclic amines) is 2. The molecule has 2 saturated heterocycles. The lowest BCUT2D eigenvalue weighted by atomic mass is 10.0. The van der Waals surface area contributed by atoms with Crippen LogP contribution in [0.3, 0.4) is 0 Å². The van der Waals surface area contributed by atoms with Gasteiger partial charge in [-0.1, -0.05) is 12.1 Å². The molecule has 0 radical (unpaired) electrons. The lowest BCUT2D eigenvalue weighted by Gasteiger charge is -2.37. The quantitative estimate of drug-likeness (QED) is 0.648. The van der Waals surface area contributed by atoms with Crippen LogP contribution in [0.15, 0.2) is 42.5 Å². The maximum Gasteiger partial charge on any atom is 0.257 e. The molecule has 2 aromatic carbocycles. The topological polar surface area (TPSA) is 58.8 Å². The van der Waals surface area contributed by atoms with Gasteiger partial charge in [-0.3, -0.25) is 9.69 Å². The van der Waals surface area contributed by atoms with E-state index in [1.807, 2.05) is 24.3 Å². The largest absolute Gasteiger partial charge is 0.457 e. The van der Waals surface area contributed by atoms with E-state index in [9.17, 15) is 9.18 Å². The molecule has 0 saturated carbocycles. The number of nitrogens with zero attached hydrogens (tertiary/aromatic N) is 2. The molecule has 2 heterocycles. The maximum atomic E-state index is 14.5. The zero-order valence-electron chi connectivity index (χ0n) is 18.2. The second-order valence-corrected chi connectivity index (χ2v) is 8.22. The molecule has 32 heavy (non-hydrogen) atoms. The summed E-state index contributed by atoms with van der Waals surface area (Å²) in [5.74, 6) is 0.348. The average Bonchev–Trinajstić information content (AvgIpc) is 3.31. The van der Waals surface area contributed by atoms with Crippen molar-refractivity contribution in [3.05, 3.63) is 59.4 Å². The molecule has 0 aliphatic carbocycles. The number of nitrogens with two attached hydrogens (primary N) is 1. The van der Waals surface area contributed by atoms with Gasteiger partial charge >= 0.3 is 0 Å². The van der Waals surface area contributed by atoms with Crippen molar-refractivity contribution in [3.8, 4) is 11.5 Å². The zero-order chi connectivity index (χ0) is 20.9. The van der Waals surface area contributed by atoms with E-state index in [4.69, 9.17) is 10.5 Å². The van der Waals surface area contributed by atoms with E-state index < -0.39 is 5.82 Å². The van der Waals surface area contributed by atoms with Gasteiger partial charge in [0, 0.05) is 19.1 Å². The molecule has 0 spiro atoms. The van der Waals surface area contributed by atoms with E-state index in [1.165, 1.54) is 25.0 Å². The summed E-state index contributed by atoms with van der Waals surface area (Å²) >= 11 is 0. The number of rotatable bonds is 6. The predicted molar refractivity (Wildman–Crippen MR) is 130 cm³/mol. The van der Waals surface area contributed by atoms with Gasteiger partial charge in [0.1, 0.15) is 17.3 Å². The van der Waals surface area contributed by atoms with Crippen molar-refractivity contribution in [3.63, 3.8) is 0 Å². The Bertz CT molecular complexity index is 876. The maximum absolute atomic E-state index is 14.5. The number of carbonyl (C=O) groups is 1. The summed E-state index contributed by atoms with van der Waals surface area (Å²) in [7, 11) is 0. The highest BCUT2D eigenvalue weighted by Gasteiger charge is 2.30. The molecular weight excluding hydrogens is 452 g/mol. The lowest BCUT2D eigenvalue weighted by molar-refractivity contribution is 0.0603. The average molecular weight is 484 g/mol. The van der Waals surface area contributed by atoms with E-state index in [-0.39, 0.29) is 36.3 Å². The summed E-state index contributed by atoms with van der Waals surface area (Å²) in [5.41, 5.74) is 6.80. The number of ether oxygens (including phenoxy) is 1. The Morgan fingerprint density at radius 3 is 2.38 bits per heavy atom. The second-order valence-electron chi connectivity index (χ2n) is 8.22. The highest BCUT2D eigenvalue weighted by atomic mass is 35.5. The fourth-order valence-corrected chi connectivity index (χ4v) is 4.47. The third-order valence-electron chi connectivity index (χ3n) is 6.10. The van der Waals surface area contributed by atoms with Crippen LogP contribution in [-0.4, -0.2) is 54.5 Å². The number of benzene rings is 2. The van der Waals surface area contributed by atoms with Gasteiger partial charge in [0.15, 0.2) is 0 Å². The summed E-state index contributed by atoms with van der Waals surface area (Å²) in [5, 5.41) is 0. The van der Waals surface area contributed by atoms with Gasteiger partial charge in [0.25, 0.3) is 5.91 Å². The number of hydrogen-bond donors (Lipinski definition) is 1. The predicted octanol–water partition coefficient (Wildman–Crippen LogP) is 4.66. The third-order valence-corrected chi connectivity index (χ3v) is 6.10. The van der Waals surface area contributed by atoms with Crippen LogP contribution < -0.4 is 10.5 Å². The number of piperidine rings is 1. The van der Waals surface area contributed by atoms with Gasteiger partial charge in [-0.25, -0.2) is 4.39 Å². The van der Waals surface area contributed by atoms with Crippen molar-refractivity contribution in [2.75, 3.05) is 32.7 Å². The van der Waals surface area contributed by atoms with Gasteiger partial charge in [-0.05, 0) is 87.6 Å². The first kappa shape index (κ1) is 26.4. The molecule has 2 aromatic rings. The molecule has 8 heteroatoms. The fraction of sp³-hybridized carbons (Fsp3) is 0.458. The summed E-state index contributed by atoms with van der Waals surface area (Å²) in [6, 6.07) is 12.4. The number of amides is 1. The zero-order valence-corrected chi connectivity index (χ0v) is 19.8. The standard InChI is InChI=1S/C24H30FN3O2.2ClH/c25-23-10-9-21(30-20-7-5-18(6-8-20)11-12-26)16-22(23)24(29)28-15-3-4-19(17-28)27-13-1-2-14-27;;/h5-10,16,19H,1-4,11-15,17,26H2;2*1H. The highest BCUT2D eigenvalue weighted by Crippen LogP contribution is 2.27. The molecule has 176 valence electrons. The Labute approximate surface area is 201 Å². The minimum absolute atomic E-state index is 0. The highest BCUT2D eigenvalue weighted by molar-refractivity contribution is 5.95. The molecule has 2 aliphatic rings. The van der Waals surface area contributed by atoms with Gasteiger partial charge in [0.2, 0.25) is 0 Å². The summed E-state index contributed by atoms with van der Waals surface area (Å²) in [6.07, 6.45) is 5.33. The lowest BCUT2D eigenvalue weighted by Crippen LogP contribution is -2.49. The Balaban J connectivity index is 0.00000181. The normalized spacial score (nSPS) is 18.6. The number of hydrogen-bond acceptors (Lipinski definition) is 4. The first-order valence-corrected chi connectivity index (χ1v) is 10.9. The van der Waals surface area contributed by atoms with Crippen molar-refractivity contribution < 1.29 is 13.9 Å². The van der Waals surface area contributed by atoms with Crippen molar-refractivity contribution in [1.82, 2.24) is 9.80 Å². The molecule has 0 bridgehead atoms. The Morgan fingerprint density at radius 2 is 1.69 bits per heavy atom. The van der Waals surface area contributed by atoms with Crippen molar-refractivity contribution in [2.45, 2.75) is 38.1 Å². The van der Waals surface area contributed by atoms with Gasteiger partial charge < -0.3 is 15.4 Å². The smallest absolute Gasteiger partial charge is 0.257 e. The van der Waals surface area contributed by atoms with E-state index in [0.717, 1.165) is 37.9 Å². The van der Waals surface area contributed by atoms with Crippen LogP contribution in [0, 0.1) is 5.82 Å². The van der Waals surface area contributed by atoms with Crippen LogP contribution >= 0.6 is 24.8 Å². The number of carbonyl (C=O) groups excluding carboxylic acids is 1. The minimum atomic E-state index is -0.506. The van der Waals surface area contributed by atoms with Crippen LogP contribution in [0.5, 0.6) is 11.5 Å². The van der Waals surface area contributed by atoms with Gasteiger partial charge in [-0.15, -0.1) is 24.8 Å². The minimum Gasteiger partial charge on any atom is -0.457 e. The van der Waals surface area contributed by atoms with Crippen LogP contribution in [0.4, 0.5) is 4.39 Å². The van der Waals surface area contributed by atoms with E-state index in [0.29, 0.717) is 37.2 Å². The molecular formula is C24H32Cl2FN3O2. The fourth-order valence-electron chi connectivity index (χ4n) is 4.47. The molecule has 4 rings (SSSR count). The van der Waals surface area contributed by atoms with Gasteiger partial charge in [0.05, 0.1) is 5.56 Å². The van der Waals surface area contributed by atoms with E-state index in [1.54, 1.807) is 11.0 Å². The van der Waals surface area contributed by atoms with E-state index in [2.05, 4.69) is 4.90 Å². The van der Waals surface area contributed by atoms with Crippen LogP contribution in [-0.2, 0) is 6.42 Å². The first-order valence-electron chi connectivity index (χ1n) is 10.9. The van der Waals surface area contributed by atoms with Crippen molar-refractivity contribution in [2.24, 2.45) is 5.73 Å². The molecule has 1 atom stereocenters. The molecule has 2 aliphatic heterocycles. The molecule has 1 amide bonds. The summed E-state index contributed by atoms with van der Waals surface area (Å²) < 4.78 is 20.4. The third kappa shape index (κ3) is 6.35. The Morgan fingerprint density at radius 1 is 1.00 bits per heavy atom. The van der Waals surface area contributed by atoms with E-state index >= 15 is 0 Å². The van der Waals surface area contributed by atoms with Crippen LogP contribution in [0.2, 0.25) is 0 Å². The molecule has 1 unspecified atom stereocenters. The number of halogens is 3. The van der Waals surface area contributed by atoms with Gasteiger partial charge in [-0.2, -0.15) is 0 Å². The monoisotopic (exact) mass is 483 g/mol. The Kier molecular flexibility index (Phi) is 10.2. The van der Waals surface area contributed by atoms with Crippen LogP contribution in [0.25, 0.3) is 0 Å². The Hall–Kier alpha value is -1.86. The van der Waals surface area contributed by atoms with Crippen molar-refractivity contribution in [1.29, 1.82) is 0 Å².